The van der Waals surface area contributed by atoms with Crippen molar-refractivity contribution in [3.8, 4) is 0 Å². The number of carbonyl (C=O) groups is 2. The summed E-state index contributed by atoms with van der Waals surface area (Å²) in [5.74, 6) is -0.392. The molecule has 0 aliphatic carbocycles. The predicted octanol–water partition coefficient (Wildman–Crippen LogP) is 3.15. The second-order valence-electron chi connectivity index (χ2n) is 4.92. The Kier molecular flexibility index (Phi) is 7.20. The lowest BCUT2D eigenvalue weighted by molar-refractivity contribution is -0.142. The number of rotatable bonds is 8. The number of aromatic nitrogens is 2. The Morgan fingerprint density at radius 3 is 2.75 bits per heavy atom. The molecule has 2 rings (SSSR count). The van der Waals surface area contributed by atoms with Crippen LogP contribution in [0.25, 0.3) is 0 Å². The number of hydrogen-bond acceptors (Lipinski definition) is 7. The van der Waals surface area contributed by atoms with Crippen LogP contribution in [0.2, 0.25) is 0 Å². The molecule has 0 bridgehead atoms. The van der Waals surface area contributed by atoms with Gasteiger partial charge in [-0.05, 0) is 25.8 Å². The van der Waals surface area contributed by atoms with Crippen LogP contribution in [-0.2, 0) is 20.7 Å². The Labute approximate surface area is 149 Å². The molecule has 1 aromatic carbocycles. The van der Waals surface area contributed by atoms with E-state index in [-0.39, 0.29) is 17.1 Å². The highest BCUT2D eigenvalue weighted by Gasteiger charge is 2.18. The van der Waals surface area contributed by atoms with Crippen LogP contribution in [0.5, 0.6) is 0 Å². The first-order valence-electron chi connectivity index (χ1n) is 7.59. The number of anilines is 1. The molecular formula is C16H19N3O3S2. The fourth-order valence-corrected chi connectivity index (χ4v) is 3.76. The molecule has 1 heterocycles. The summed E-state index contributed by atoms with van der Waals surface area (Å²) in [4.78, 5) is 23.6. The summed E-state index contributed by atoms with van der Waals surface area (Å²) in [6.45, 7) is 3.87. The van der Waals surface area contributed by atoms with Crippen molar-refractivity contribution in [2.75, 3.05) is 11.9 Å². The van der Waals surface area contributed by atoms with E-state index in [0.717, 1.165) is 5.56 Å². The van der Waals surface area contributed by atoms with E-state index in [2.05, 4.69) is 15.5 Å². The SMILES string of the molecule is CCOC(=O)[C@H](C)Sc1nnc(NC(=O)CCc2ccccc2)s1. The second-order valence-corrected chi connectivity index (χ2v) is 7.48. The van der Waals surface area contributed by atoms with Crippen molar-refractivity contribution in [2.24, 2.45) is 0 Å². The lowest BCUT2D eigenvalue weighted by Gasteiger charge is -2.06. The minimum Gasteiger partial charge on any atom is -0.465 e. The number of esters is 1. The van der Waals surface area contributed by atoms with E-state index >= 15 is 0 Å². The van der Waals surface area contributed by atoms with Crippen molar-refractivity contribution in [1.29, 1.82) is 0 Å². The molecule has 0 spiro atoms. The van der Waals surface area contributed by atoms with Crippen LogP contribution in [0.1, 0.15) is 25.8 Å². The number of ether oxygens (including phenoxy) is 1. The van der Waals surface area contributed by atoms with Gasteiger partial charge in [-0.3, -0.25) is 9.59 Å². The van der Waals surface area contributed by atoms with Crippen LogP contribution in [0.4, 0.5) is 5.13 Å². The first-order chi connectivity index (χ1) is 11.6. The molecule has 1 aromatic heterocycles. The summed E-state index contributed by atoms with van der Waals surface area (Å²) in [6, 6.07) is 9.83. The van der Waals surface area contributed by atoms with Crippen molar-refractivity contribution in [2.45, 2.75) is 36.3 Å². The molecule has 0 aliphatic heterocycles. The molecule has 0 unspecified atom stereocenters. The first kappa shape index (κ1) is 18.4. The normalized spacial score (nSPS) is 11.8. The number of carbonyl (C=O) groups excluding carboxylic acids is 2. The van der Waals surface area contributed by atoms with Crippen molar-refractivity contribution in [1.82, 2.24) is 10.2 Å². The zero-order chi connectivity index (χ0) is 17.4. The summed E-state index contributed by atoms with van der Waals surface area (Å²) in [5.41, 5.74) is 1.12. The van der Waals surface area contributed by atoms with Crippen LogP contribution in [-0.4, -0.2) is 33.9 Å². The average molecular weight is 365 g/mol. The molecule has 1 N–H and O–H groups in total. The third-order valence-corrected chi connectivity index (χ3v) is 5.03. The monoisotopic (exact) mass is 365 g/mol. The van der Waals surface area contributed by atoms with E-state index in [9.17, 15) is 9.59 Å². The summed E-state index contributed by atoms with van der Waals surface area (Å²) >= 11 is 2.52. The van der Waals surface area contributed by atoms with Crippen LogP contribution >= 0.6 is 23.1 Å². The second kappa shape index (κ2) is 9.39. The zero-order valence-electron chi connectivity index (χ0n) is 13.5. The molecule has 6 nitrogen and oxygen atoms in total. The highest BCUT2D eigenvalue weighted by atomic mass is 32.2. The average Bonchev–Trinajstić information content (AvgIpc) is 3.01. The standard InChI is InChI=1S/C16H19N3O3S2/c1-3-22-14(21)11(2)23-16-19-18-15(24-16)17-13(20)10-9-12-7-5-4-6-8-12/h4-8,11H,3,9-10H2,1-2H3,(H,17,18,20)/t11-/m0/s1. The van der Waals surface area contributed by atoms with Gasteiger partial charge in [0.2, 0.25) is 11.0 Å². The molecule has 24 heavy (non-hydrogen) atoms. The number of aryl methyl sites for hydroxylation is 1. The smallest absolute Gasteiger partial charge is 0.319 e. The van der Waals surface area contributed by atoms with Gasteiger partial charge in [0, 0.05) is 6.42 Å². The fraction of sp³-hybridized carbons (Fsp3) is 0.375. The Balaban J connectivity index is 1.80. The zero-order valence-corrected chi connectivity index (χ0v) is 15.2. The number of nitrogens with one attached hydrogen (secondary N) is 1. The third-order valence-electron chi connectivity index (χ3n) is 3.03. The largest absolute Gasteiger partial charge is 0.465 e. The van der Waals surface area contributed by atoms with E-state index in [4.69, 9.17) is 4.74 Å². The number of thioether (sulfide) groups is 1. The van der Waals surface area contributed by atoms with Crippen molar-refractivity contribution in [3.63, 3.8) is 0 Å². The number of hydrogen-bond donors (Lipinski definition) is 1. The van der Waals surface area contributed by atoms with Gasteiger partial charge in [-0.2, -0.15) is 0 Å². The molecule has 0 radical (unpaired) electrons. The topological polar surface area (TPSA) is 81.2 Å². The summed E-state index contributed by atoms with van der Waals surface area (Å²) < 4.78 is 5.57. The van der Waals surface area contributed by atoms with Gasteiger partial charge in [-0.1, -0.05) is 53.4 Å². The van der Waals surface area contributed by atoms with Gasteiger partial charge < -0.3 is 10.1 Å². The van der Waals surface area contributed by atoms with Gasteiger partial charge >= 0.3 is 5.97 Å². The van der Waals surface area contributed by atoms with Crippen LogP contribution in [0.3, 0.4) is 0 Å². The Morgan fingerprint density at radius 2 is 2.04 bits per heavy atom. The molecule has 0 saturated carbocycles. The van der Waals surface area contributed by atoms with Crippen LogP contribution in [0.15, 0.2) is 34.7 Å². The molecule has 2 aromatic rings. The molecule has 128 valence electrons. The minimum atomic E-state index is -0.362. The van der Waals surface area contributed by atoms with Crippen molar-refractivity contribution >= 4 is 40.1 Å². The highest BCUT2D eigenvalue weighted by Crippen LogP contribution is 2.29. The van der Waals surface area contributed by atoms with Gasteiger partial charge in [0.05, 0.1) is 6.61 Å². The molecular weight excluding hydrogens is 346 g/mol. The van der Waals surface area contributed by atoms with Crippen LogP contribution in [0, 0.1) is 0 Å². The quantitative estimate of drug-likeness (QED) is 0.440. The minimum absolute atomic E-state index is 0.106. The molecule has 0 fully saturated rings. The highest BCUT2D eigenvalue weighted by molar-refractivity contribution is 8.02. The van der Waals surface area contributed by atoms with E-state index in [0.29, 0.717) is 28.9 Å². The molecule has 1 amide bonds. The van der Waals surface area contributed by atoms with E-state index in [1.807, 2.05) is 30.3 Å². The van der Waals surface area contributed by atoms with Gasteiger partial charge in [0.25, 0.3) is 0 Å². The maximum absolute atomic E-state index is 12.0. The summed E-state index contributed by atoms with van der Waals surface area (Å²) in [7, 11) is 0. The number of nitrogens with zero attached hydrogens (tertiary/aromatic N) is 2. The van der Waals surface area contributed by atoms with Crippen molar-refractivity contribution < 1.29 is 14.3 Å². The third kappa shape index (κ3) is 5.93. The molecule has 0 aliphatic rings. The van der Waals surface area contributed by atoms with Gasteiger partial charge in [-0.25, -0.2) is 0 Å². The number of amides is 1. The number of benzene rings is 1. The Bertz CT molecular complexity index is 676. The lowest BCUT2D eigenvalue weighted by Crippen LogP contribution is -2.16. The fourth-order valence-electron chi connectivity index (χ4n) is 1.85. The maximum atomic E-state index is 12.0. The molecule has 0 saturated heterocycles. The predicted molar refractivity (Wildman–Crippen MR) is 95.3 cm³/mol. The van der Waals surface area contributed by atoms with E-state index in [1.165, 1.54) is 23.1 Å². The molecule has 8 heteroatoms. The first-order valence-corrected chi connectivity index (χ1v) is 9.28. The van der Waals surface area contributed by atoms with E-state index < -0.39 is 0 Å². The lowest BCUT2D eigenvalue weighted by atomic mass is 10.1. The Hall–Kier alpha value is -1.93. The van der Waals surface area contributed by atoms with Crippen molar-refractivity contribution in [3.05, 3.63) is 35.9 Å². The van der Waals surface area contributed by atoms with Gasteiger partial charge in [0.1, 0.15) is 5.25 Å². The summed E-state index contributed by atoms with van der Waals surface area (Å²) in [6.07, 6.45) is 1.05. The van der Waals surface area contributed by atoms with Gasteiger partial charge in [0.15, 0.2) is 4.34 Å². The maximum Gasteiger partial charge on any atom is 0.319 e. The van der Waals surface area contributed by atoms with E-state index in [1.54, 1.807) is 13.8 Å². The van der Waals surface area contributed by atoms with Gasteiger partial charge in [-0.15, -0.1) is 10.2 Å². The summed E-state index contributed by atoms with van der Waals surface area (Å²) in [5, 5.41) is 10.7. The van der Waals surface area contributed by atoms with Crippen LogP contribution < -0.4 is 5.32 Å². The molecule has 1 atom stereocenters. The Morgan fingerprint density at radius 1 is 1.29 bits per heavy atom.